The lowest BCUT2D eigenvalue weighted by atomic mass is 9.88. The van der Waals surface area contributed by atoms with Crippen LogP contribution in [0.25, 0.3) is 0 Å². The van der Waals surface area contributed by atoms with Gasteiger partial charge in [-0.1, -0.05) is 24.3 Å². The third kappa shape index (κ3) is 9.51. The molecule has 1 unspecified atom stereocenters. The molecule has 2 amide bonds. The van der Waals surface area contributed by atoms with Crippen LogP contribution in [0.3, 0.4) is 0 Å². The molecule has 3 atom stereocenters. The number of carbonyl (C=O) groups excluding carboxylic acids is 2. The minimum absolute atomic E-state index is 0.0329. The minimum Gasteiger partial charge on any atom is -0.449 e. The highest BCUT2D eigenvalue weighted by Gasteiger charge is 2.25. The average Bonchev–Trinajstić information content (AvgIpc) is 3.57. The number of hydrogen-bond acceptors (Lipinski definition) is 6. The van der Waals surface area contributed by atoms with Crippen molar-refractivity contribution in [3.05, 3.63) is 95.1 Å². The van der Waals surface area contributed by atoms with E-state index in [0.717, 1.165) is 38.5 Å². The van der Waals surface area contributed by atoms with Crippen LogP contribution in [0.5, 0.6) is 0 Å². The van der Waals surface area contributed by atoms with Gasteiger partial charge in [0.15, 0.2) is 0 Å². The summed E-state index contributed by atoms with van der Waals surface area (Å²) >= 11 is 0. The van der Waals surface area contributed by atoms with Crippen molar-refractivity contribution in [2.24, 2.45) is 5.92 Å². The Bertz CT molecular complexity index is 1360. The van der Waals surface area contributed by atoms with Crippen molar-refractivity contribution >= 4 is 17.7 Å². The summed E-state index contributed by atoms with van der Waals surface area (Å²) in [6.07, 6.45) is 6.32. The predicted molar refractivity (Wildman–Crippen MR) is 161 cm³/mol. The first-order chi connectivity index (χ1) is 21.8. The highest BCUT2D eigenvalue weighted by molar-refractivity contribution is 5.92. The van der Waals surface area contributed by atoms with Crippen LogP contribution in [0.15, 0.2) is 60.9 Å². The number of alkyl carbamates (subject to hydrolysis) is 1. The summed E-state index contributed by atoms with van der Waals surface area (Å²) in [6, 6.07) is 11.6. The number of amides is 2. The lowest BCUT2D eigenvalue weighted by Crippen LogP contribution is -2.35. The summed E-state index contributed by atoms with van der Waals surface area (Å²) < 4.78 is 59.0. The highest BCUT2D eigenvalue weighted by atomic mass is 19.1. The summed E-state index contributed by atoms with van der Waals surface area (Å²) in [4.78, 5) is 29.2. The van der Waals surface area contributed by atoms with Crippen LogP contribution in [-0.4, -0.2) is 55.6 Å². The zero-order chi connectivity index (χ0) is 31.6. The van der Waals surface area contributed by atoms with E-state index in [2.05, 4.69) is 15.6 Å². The molecule has 3 aromatic rings. The van der Waals surface area contributed by atoms with Crippen LogP contribution >= 0.6 is 0 Å². The maximum atomic E-state index is 14.9. The van der Waals surface area contributed by atoms with Gasteiger partial charge in [0, 0.05) is 37.0 Å². The second-order valence-corrected chi connectivity index (χ2v) is 11.6. The number of halogens is 3. The third-order valence-corrected chi connectivity index (χ3v) is 8.34. The summed E-state index contributed by atoms with van der Waals surface area (Å²) in [6.45, 7) is 1.86. The second kappa shape index (κ2) is 15.9. The zero-order valence-electron chi connectivity index (χ0n) is 25.0. The molecule has 11 heteroatoms. The largest absolute Gasteiger partial charge is 0.449 e. The number of carbonyl (C=O) groups is 2. The van der Waals surface area contributed by atoms with E-state index in [1.54, 1.807) is 24.3 Å². The van der Waals surface area contributed by atoms with E-state index >= 15 is 0 Å². The smallest absolute Gasteiger partial charge is 0.407 e. The normalized spacial score (nSPS) is 19.8. The third-order valence-electron chi connectivity index (χ3n) is 8.34. The molecule has 240 valence electrons. The van der Waals surface area contributed by atoms with Crippen molar-refractivity contribution in [2.75, 3.05) is 31.7 Å². The fraction of sp³-hybridized carbons (Fsp3) is 0.441. The number of benzene rings is 2. The molecule has 2 saturated heterocycles. The van der Waals surface area contributed by atoms with E-state index in [-0.39, 0.29) is 42.7 Å². The summed E-state index contributed by atoms with van der Waals surface area (Å²) in [5.41, 5.74) is 1.98. The number of anilines is 1. The van der Waals surface area contributed by atoms with Gasteiger partial charge in [0.1, 0.15) is 17.5 Å². The number of pyridine rings is 1. The summed E-state index contributed by atoms with van der Waals surface area (Å²) in [5.74, 6) is -2.13. The molecule has 2 N–H and O–H groups in total. The number of hydrogen-bond donors (Lipinski definition) is 2. The molecule has 0 aliphatic carbocycles. The standard InChI is InChI=1S/C34H38F3N3O5/c35-25-8-4-23(5-9-25)30(24-6-10-26(36)11-7-24)16-33(41)40-32-19-38-18-31(37)29(32)14-13-27-12-3-22(20-44-27)21-45-34(42)39-17-28-2-1-15-43-28/h4-11,18-19,22,27-28,30H,1-3,12-17,20-21H2,(H,39,42)(H,40,41)/t22-,27-,28?/m0/s1. The number of nitrogens with one attached hydrogen (secondary N) is 2. The minimum atomic E-state index is -0.530. The fourth-order valence-electron chi connectivity index (χ4n) is 5.80. The number of ether oxygens (including phenoxy) is 3. The molecule has 0 spiro atoms. The molecule has 0 bridgehead atoms. The molecule has 2 aliphatic rings. The fourth-order valence-corrected chi connectivity index (χ4v) is 5.80. The first kappa shape index (κ1) is 32.4. The monoisotopic (exact) mass is 625 g/mol. The van der Waals surface area contributed by atoms with Crippen molar-refractivity contribution < 1.29 is 37.0 Å². The van der Waals surface area contributed by atoms with Crippen molar-refractivity contribution in [3.8, 4) is 0 Å². The second-order valence-electron chi connectivity index (χ2n) is 11.6. The molecule has 0 saturated carbocycles. The van der Waals surface area contributed by atoms with E-state index in [1.165, 1.54) is 30.5 Å². The van der Waals surface area contributed by atoms with Crippen molar-refractivity contribution in [3.63, 3.8) is 0 Å². The first-order valence-corrected chi connectivity index (χ1v) is 15.4. The van der Waals surface area contributed by atoms with E-state index < -0.39 is 29.5 Å². The molecule has 2 aromatic carbocycles. The van der Waals surface area contributed by atoms with Gasteiger partial charge in [-0.3, -0.25) is 9.78 Å². The van der Waals surface area contributed by atoms with Crippen LogP contribution in [0.4, 0.5) is 23.7 Å². The maximum absolute atomic E-state index is 14.9. The Labute approximate surface area is 260 Å². The van der Waals surface area contributed by atoms with Crippen LogP contribution < -0.4 is 10.6 Å². The van der Waals surface area contributed by atoms with Gasteiger partial charge in [-0.2, -0.15) is 0 Å². The van der Waals surface area contributed by atoms with Gasteiger partial charge >= 0.3 is 6.09 Å². The van der Waals surface area contributed by atoms with Gasteiger partial charge in [0.2, 0.25) is 5.91 Å². The highest BCUT2D eigenvalue weighted by Crippen LogP contribution is 2.30. The van der Waals surface area contributed by atoms with E-state index in [1.807, 2.05) is 0 Å². The van der Waals surface area contributed by atoms with Gasteiger partial charge in [0.05, 0.1) is 43.5 Å². The SMILES string of the molecule is O=C(CC(c1ccc(F)cc1)c1ccc(F)cc1)Nc1cncc(F)c1CC[C@@H]1CC[C@H](COC(=O)NCC2CCCO2)CO1. The first-order valence-electron chi connectivity index (χ1n) is 15.4. The van der Waals surface area contributed by atoms with Crippen LogP contribution in [0, 0.1) is 23.4 Å². The Balaban J connectivity index is 1.12. The quantitative estimate of drug-likeness (QED) is 0.246. The van der Waals surface area contributed by atoms with Gasteiger partial charge in [-0.25, -0.2) is 18.0 Å². The Kier molecular flexibility index (Phi) is 11.4. The van der Waals surface area contributed by atoms with Gasteiger partial charge in [0.25, 0.3) is 0 Å². The van der Waals surface area contributed by atoms with Crippen LogP contribution in [0.1, 0.15) is 61.1 Å². The Morgan fingerprint density at radius 1 is 0.911 bits per heavy atom. The molecule has 1 aromatic heterocycles. The van der Waals surface area contributed by atoms with Crippen molar-refractivity contribution in [1.29, 1.82) is 0 Å². The Hall–Kier alpha value is -3.96. The zero-order valence-corrected chi connectivity index (χ0v) is 25.0. The Morgan fingerprint density at radius 3 is 2.24 bits per heavy atom. The van der Waals surface area contributed by atoms with E-state index in [0.29, 0.717) is 42.7 Å². The Morgan fingerprint density at radius 2 is 1.62 bits per heavy atom. The van der Waals surface area contributed by atoms with Gasteiger partial charge in [-0.05, 0) is 73.9 Å². The summed E-state index contributed by atoms with van der Waals surface area (Å²) in [7, 11) is 0. The van der Waals surface area contributed by atoms with Crippen LogP contribution in [-0.2, 0) is 25.4 Å². The van der Waals surface area contributed by atoms with E-state index in [4.69, 9.17) is 14.2 Å². The number of nitrogens with zero attached hydrogens (tertiary/aromatic N) is 1. The van der Waals surface area contributed by atoms with Gasteiger partial charge in [-0.15, -0.1) is 0 Å². The van der Waals surface area contributed by atoms with Gasteiger partial charge < -0.3 is 24.8 Å². The molecule has 2 aliphatic heterocycles. The summed E-state index contributed by atoms with van der Waals surface area (Å²) in [5, 5.41) is 5.54. The lowest BCUT2D eigenvalue weighted by molar-refractivity contribution is -0.116. The number of aromatic nitrogens is 1. The molecule has 45 heavy (non-hydrogen) atoms. The number of rotatable bonds is 12. The lowest BCUT2D eigenvalue weighted by Gasteiger charge is -2.29. The predicted octanol–water partition coefficient (Wildman–Crippen LogP) is 6.29. The molecule has 2 fully saturated rings. The van der Waals surface area contributed by atoms with Crippen molar-refractivity contribution in [1.82, 2.24) is 10.3 Å². The molecule has 5 rings (SSSR count). The van der Waals surface area contributed by atoms with E-state index in [9.17, 15) is 22.8 Å². The van der Waals surface area contributed by atoms with Crippen molar-refractivity contribution in [2.45, 2.75) is 63.1 Å². The topological polar surface area (TPSA) is 98.8 Å². The average molecular weight is 626 g/mol. The maximum Gasteiger partial charge on any atom is 0.407 e. The molecule has 0 radical (unpaired) electrons. The molecule has 8 nitrogen and oxygen atoms in total. The van der Waals surface area contributed by atoms with Crippen LogP contribution in [0.2, 0.25) is 0 Å². The molecular formula is C34H38F3N3O5. The molecular weight excluding hydrogens is 587 g/mol. The molecule has 3 heterocycles.